The third-order valence-corrected chi connectivity index (χ3v) is 7.53. The number of carbonyl (C=O) groups is 2. The van der Waals surface area contributed by atoms with E-state index in [0.717, 1.165) is 54.9 Å². The number of halogens is 1. The van der Waals surface area contributed by atoms with Crippen LogP contribution in [0.4, 0.5) is 10.1 Å². The van der Waals surface area contributed by atoms with E-state index in [0.29, 0.717) is 17.8 Å². The van der Waals surface area contributed by atoms with Crippen LogP contribution in [-0.2, 0) is 4.79 Å². The Balaban J connectivity index is 1.34. The summed E-state index contributed by atoms with van der Waals surface area (Å²) < 4.78 is 13.3. The summed E-state index contributed by atoms with van der Waals surface area (Å²) in [4.78, 5) is 32.0. The highest BCUT2D eigenvalue weighted by Crippen LogP contribution is 2.32. The van der Waals surface area contributed by atoms with Crippen LogP contribution >= 0.6 is 11.3 Å². The summed E-state index contributed by atoms with van der Waals surface area (Å²) in [5, 5.41) is 5.72. The van der Waals surface area contributed by atoms with Gasteiger partial charge in [-0.05, 0) is 43.0 Å². The lowest BCUT2D eigenvalue weighted by molar-refractivity contribution is -0.132. The van der Waals surface area contributed by atoms with Crippen molar-refractivity contribution >= 4 is 28.8 Å². The predicted octanol–water partition coefficient (Wildman–Crippen LogP) is 6.88. The van der Waals surface area contributed by atoms with Crippen LogP contribution in [-0.4, -0.2) is 34.8 Å². The molecule has 0 bridgehead atoms. The van der Waals surface area contributed by atoms with Gasteiger partial charge in [0, 0.05) is 42.1 Å². The summed E-state index contributed by atoms with van der Waals surface area (Å²) >= 11 is 1.51. The van der Waals surface area contributed by atoms with E-state index < -0.39 is 0 Å². The topological polar surface area (TPSA) is 62.3 Å². The van der Waals surface area contributed by atoms with Crippen molar-refractivity contribution in [3.05, 3.63) is 70.4 Å². The molecule has 1 saturated heterocycles. The van der Waals surface area contributed by atoms with E-state index in [1.807, 2.05) is 29.2 Å². The molecular formula is C28H32FN3O2S. The molecule has 35 heavy (non-hydrogen) atoms. The van der Waals surface area contributed by atoms with Crippen LogP contribution in [0.3, 0.4) is 0 Å². The second kappa shape index (κ2) is 12.1. The SMILES string of the molecule is CCCCCCC(=O)N1CCC(c2nc(C(=O)Nc3ccccc3-c3ccc(F)cc3)cs2)CC1. The molecular weight excluding hydrogens is 461 g/mol. The van der Waals surface area contributed by atoms with Gasteiger partial charge < -0.3 is 10.2 Å². The smallest absolute Gasteiger partial charge is 0.275 e. The summed E-state index contributed by atoms with van der Waals surface area (Å²) in [7, 11) is 0. The lowest BCUT2D eigenvalue weighted by Crippen LogP contribution is -2.37. The molecule has 7 heteroatoms. The number of likely N-dealkylation sites (tertiary alicyclic amines) is 1. The molecule has 1 fully saturated rings. The lowest BCUT2D eigenvalue weighted by Gasteiger charge is -2.31. The molecule has 4 rings (SSSR count). The summed E-state index contributed by atoms with van der Waals surface area (Å²) in [6.07, 6.45) is 6.86. The minimum Gasteiger partial charge on any atom is -0.343 e. The molecule has 1 aliphatic heterocycles. The first-order valence-corrected chi connectivity index (χ1v) is 13.3. The Morgan fingerprint density at radius 1 is 1.06 bits per heavy atom. The van der Waals surface area contributed by atoms with Crippen LogP contribution in [0.15, 0.2) is 53.9 Å². The maximum atomic E-state index is 13.3. The number of hydrogen-bond donors (Lipinski definition) is 1. The van der Waals surface area contributed by atoms with Crippen LogP contribution in [0.2, 0.25) is 0 Å². The van der Waals surface area contributed by atoms with Crippen LogP contribution in [0, 0.1) is 5.82 Å². The van der Waals surface area contributed by atoms with E-state index in [1.54, 1.807) is 17.5 Å². The molecule has 1 N–H and O–H groups in total. The van der Waals surface area contributed by atoms with Crippen molar-refractivity contribution in [3.63, 3.8) is 0 Å². The molecule has 1 aromatic heterocycles. The van der Waals surface area contributed by atoms with Gasteiger partial charge in [0.25, 0.3) is 5.91 Å². The number of carbonyl (C=O) groups excluding carboxylic acids is 2. The van der Waals surface area contributed by atoms with Crippen molar-refractivity contribution in [2.75, 3.05) is 18.4 Å². The molecule has 2 aromatic carbocycles. The van der Waals surface area contributed by atoms with E-state index >= 15 is 0 Å². The Bertz CT molecular complexity index is 1140. The second-order valence-corrected chi connectivity index (χ2v) is 9.93. The number of benzene rings is 2. The van der Waals surface area contributed by atoms with Crippen LogP contribution in [0.5, 0.6) is 0 Å². The minimum absolute atomic E-state index is 0.262. The molecule has 3 aromatic rings. The number of hydrogen-bond acceptors (Lipinski definition) is 4. The molecule has 0 unspecified atom stereocenters. The average Bonchev–Trinajstić information content (AvgIpc) is 3.38. The first-order chi connectivity index (χ1) is 17.0. The number of amides is 2. The summed E-state index contributed by atoms with van der Waals surface area (Å²) in [6.45, 7) is 3.68. The van der Waals surface area contributed by atoms with E-state index in [4.69, 9.17) is 0 Å². The first kappa shape index (κ1) is 25.0. The molecule has 0 saturated carbocycles. The highest BCUT2D eigenvalue weighted by Gasteiger charge is 2.26. The zero-order chi connectivity index (χ0) is 24.6. The van der Waals surface area contributed by atoms with Crippen molar-refractivity contribution in [2.24, 2.45) is 0 Å². The van der Waals surface area contributed by atoms with Gasteiger partial charge in [0.1, 0.15) is 11.5 Å². The maximum Gasteiger partial charge on any atom is 0.275 e. The number of nitrogens with zero attached hydrogens (tertiary/aromatic N) is 2. The van der Waals surface area contributed by atoms with E-state index in [-0.39, 0.29) is 23.5 Å². The third kappa shape index (κ3) is 6.54. The van der Waals surface area contributed by atoms with E-state index in [2.05, 4.69) is 17.2 Å². The fourth-order valence-corrected chi connectivity index (χ4v) is 5.45. The van der Waals surface area contributed by atoms with Crippen molar-refractivity contribution in [3.8, 4) is 11.1 Å². The average molecular weight is 494 g/mol. The molecule has 5 nitrogen and oxygen atoms in total. The summed E-state index contributed by atoms with van der Waals surface area (Å²) in [5.41, 5.74) is 2.70. The van der Waals surface area contributed by atoms with Gasteiger partial charge in [-0.2, -0.15) is 0 Å². The molecule has 1 aliphatic rings. The molecule has 0 aliphatic carbocycles. The quantitative estimate of drug-likeness (QED) is 0.331. The molecule has 0 spiro atoms. The Morgan fingerprint density at radius 2 is 1.80 bits per heavy atom. The van der Waals surface area contributed by atoms with Gasteiger partial charge in [-0.25, -0.2) is 9.37 Å². The fourth-order valence-electron chi connectivity index (χ4n) is 4.48. The number of unbranched alkanes of at least 4 members (excludes halogenated alkanes) is 3. The largest absolute Gasteiger partial charge is 0.343 e. The monoisotopic (exact) mass is 493 g/mol. The van der Waals surface area contributed by atoms with E-state index in [1.165, 1.54) is 36.3 Å². The van der Waals surface area contributed by atoms with Crippen molar-refractivity contribution in [1.29, 1.82) is 0 Å². The fraction of sp³-hybridized carbons (Fsp3) is 0.393. The Kier molecular flexibility index (Phi) is 8.64. The number of anilines is 1. The maximum absolute atomic E-state index is 13.3. The van der Waals surface area contributed by atoms with Gasteiger partial charge in [-0.1, -0.05) is 56.5 Å². The van der Waals surface area contributed by atoms with Crippen LogP contribution in [0.1, 0.15) is 73.3 Å². The van der Waals surface area contributed by atoms with Crippen molar-refractivity contribution < 1.29 is 14.0 Å². The summed E-state index contributed by atoms with van der Waals surface area (Å²) in [5.74, 6) is -0.0232. The first-order valence-electron chi connectivity index (χ1n) is 12.4. The normalized spacial score (nSPS) is 14.2. The molecule has 2 heterocycles. The Morgan fingerprint density at radius 3 is 2.54 bits per heavy atom. The molecule has 184 valence electrons. The zero-order valence-corrected chi connectivity index (χ0v) is 21.0. The van der Waals surface area contributed by atoms with Crippen molar-refractivity contribution in [1.82, 2.24) is 9.88 Å². The van der Waals surface area contributed by atoms with Gasteiger partial charge >= 0.3 is 0 Å². The molecule has 2 amide bonds. The number of rotatable bonds is 9. The standard InChI is InChI=1S/C28H32FN3O2S/c1-2-3-4-5-10-26(33)32-17-15-21(16-18-32)28-31-25(19-35-28)27(34)30-24-9-7-6-8-23(24)20-11-13-22(29)14-12-20/h6-9,11-14,19,21H,2-5,10,15-18H2,1H3,(H,30,34). The number of piperidine rings is 1. The lowest BCUT2D eigenvalue weighted by atomic mass is 9.97. The van der Waals surface area contributed by atoms with E-state index in [9.17, 15) is 14.0 Å². The van der Waals surface area contributed by atoms with Gasteiger partial charge in [-0.15, -0.1) is 11.3 Å². The Labute approximate surface area is 210 Å². The zero-order valence-electron chi connectivity index (χ0n) is 20.1. The van der Waals surface area contributed by atoms with Gasteiger partial charge in [-0.3, -0.25) is 9.59 Å². The Hall–Kier alpha value is -3.06. The number of nitrogens with one attached hydrogen (secondary N) is 1. The molecule has 0 atom stereocenters. The predicted molar refractivity (Wildman–Crippen MR) is 139 cm³/mol. The molecule has 0 radical (unpaired) electrons. The highest BCUT2D eigenvalue weighted by atomic mass is 32.1. The van der Waals surface area contributed by atoms with Crippen LogP contribution < -0.4 is 5.32 Å². The minimum atomic E-state index is -0.299. The van der Waals surface area contributed by atoms with Crippen LogP contribution in [0.25, 0.3) is 11.1 Å². The van der Waals surface area contributed by atoms with Gasteiger partial charge in [0.15, 0.2) is 0 Å². The number of thiazole rings is 1. The highest BCUT2D eigenvalue weighted by molar-refractivity contribution is 7.10. The number of para-hydroxylation sites is 1. The van der Waals surface area contributed by atoms with Gasteiger partial charge in [0.05, 0.1) is 5.01 Å². The third-order valence-electron chi connectivity index (χ3n) is 6.53. The second-order valence-electron chi connectivity index (χ2n) is 9.04. The van der Waals surface area contributed by atoms with Gasteiger partial charge in [0.2, 0.25) is 5.91 Å². The number of aromatic nitrogens is 1. The van der Waals surface area contributed by atoms with Crippen molar-refractivity contribution in [2.45, 2.75) is 57.8 Å². The summed E-state index contributed by atoms with van der Waals surface area (Å²) in [6, 6.07) is 13.7.